The van der Waals surface area contributed by atoms with Crippen LogP contribution in [0.1, 0.15) is 27.2 Å². The standard InChI is InChI=1S/C22H24N2O3/c1-14-5-8-17(9-6-14)19-12-18(22(23)25)15(2)24(19)13-16-7-10-20(26-3)21(11-16)27-4/h5-12H,13H2,1-4H3,(H2,23,25). The van der Waals surface area contributed by atoms with Crippen molar-refractivity contribution in [3.63, 3.8) is 0 Å². The third-order valence-electron chi connectivity index (χ3n) is 4.77. The molecule has 0 atom stereocenters. The molecule has 0 saturated heterocycles. The van der Waals surface area contributed by atoms with Crippen LogP contribution in [0.5, 0.6) is 11.5 Å². The van der Waals surface area contributed by atoms with Crippen LogP contribution in [0, 0.1) is 13.8 Å². The van der Waals surface area contributed by atoms with Crippen molar-refractivity contribution >= 4 is 5.91 Å². The highest BCUT2D eigenvalue weighted by Crippen LogP contribution is 2.31. The first kappa shape index (κ1) is 18.6. The zero-order valence-corrected chi connectivity index (χ0v) is 16.1. The molecule has 2 aromatic carbocycles. The third-order valence-corrected chi connectivity index (χ3v) is 4.77. The number of amides is 1. The van der Waals surface area contributed by atoms with E-state index in [-0.39, 0.29) is 0 Å². The molecule has 2 N–H and O–H groups in total. The van der Waals surface area contributed by atoms with Crippen LogP contribution in [0.15, 0.2) is 48.5 Å². The molecular weight excluding hydrogens is 340 g/mol. The summed E-state index contributed by atoms with van der Waals surface area (Å²) in [5.41, 5.74) is 11.2. The molecule has 3 aromatic rings. The van der Waals surface area contributed by atoms with Gasteiger partial charge in [-0.1, -0.05) is 35.9 Å². The fourth-order valence-corrected chi connectivity index (χ4v) is 3.22. The first-order chi connectivity index (χ1) is 12.9. The van der Waals surface area contributed by atoms with Crippen LogP contribution in [-0.2, 0) is 6.54 Å². The maximum Gasteiger partial charge on any atom is 0.250 e. The molecule has 0 bridgehead atoms. The number of aromatic nitrogens is 1. The molecule has 1 amide bonds. The van der Waals surface area contributed by atoms with Crippen molar-refractivity contribution in [3.05, 3.63) is 70.9 Å². The molecule has 0 aliphatic carbocycles. The summed E-state index contributed by atoms with van der Waals surface area (Å²) >= 11 is 0. The molecule has 0 spiro atoms. The second-order valence-corrected chi connectivity index (χ2v) is 6.53. The molecule has 0 unspecified atom stereocenters. The van der Waals surface area contributed by atoms with Gasteiger partial charge in [-0.2, -0.15) is 0 Å². The number of methoxy groups -OCH3 is 2. The van der Waals surface area contributed by atoms with Crippen LogP contribution in [0.3, 0.4) is 0 Å². The number of benzene rings is 2. The predicted molar refractivity (Wildman–Crippen MR) is 107 cm³/mol. The Morgan fingerprint density at radius 1 is 0.963 bits per heavy atom. The van der Waals surface area contributed by atoms with Crippen molar-refractivity contribution in [2.45, 2.75) is 20.4 Å². The van der Waals surface area contributed by atoms with E-state index >= 15 is 0 Å². The van der Waals surface area contributed by atoms with E-state index in [2.05, 4.69) is 28.8 Å². The van der Waals surface area contributed by atoms with E-state index in [4.69, 9.17) is 15.2 Å². The van der Waals surface area contributed by atoms with Crippen molar-refractivity contribution in [1.29, 1.82) is 0 Å². The largest absolute Gasteiger partial charge is 0.493 e. The molecule has 0 aliphatic heterocycles. The molecule has 1 heterocycles. The average molecular weight is 364 g/mol. The summed E-state index contributed by atoms with van der Waals surface area (Å²) in [4.78, 5) is 11.9. The smallest absolute Gasteiger partial charge is 0.250 e. The zero-order chi connectivity index (χ0) is 19.6. The Morgan fingerprint density at radius 2 is 1.63 bits per heavy atom. The lowest BCUT2D eigenvalue weighted by Crippen LogP contribution is -2.12. The summed E-state index contributed by atoms with van der Waals surface area (Å²) in [5.74, 6) is 0.931. The quantitative estimate of drug-likeness (QED) is 0.720. The van der Waals surface area contributed by atoms with Gasteiger partial charge in [-0.05, 0) is 43.2 Å². The number of hydrogen-bond donors (Lipinski definition) is 1. The van der Waals surface area contributed by atoms with Crippen LogP contribution in [0.4, 0.5) is 0 Å². The van der Waals surface area contributed by atoms with Gasteiger partial charge in [-0.15, -0.1) is 0 Å². The SMILES string of the molecule is COc1ccc(Cn2c(-c3ccc(C)cc3)cc(C(N)=O)c2C)cc1OC. The number of hydrogen-bond acceptors (Lipinski definition) is 3. The van der Waals surface area contributed by atoms with Gasteiger partial charge in [0.15, 0.2) is 11.5 Å². The average Bonchev–Trinajstić information content (AvgIpc) is 2.99. The first-order valence-corrected chi connectivity index (χ1v) is 8.72. The lowest BCUT2D eigenvalue weighted by Gasteiger charge is -2.14. The van der Waals surface area contributed by atoms with E-state index in [1.54, 1.807) is 14.2 Å². The summed E-state index contributed by atoms with van der Waals surface area (Å²) in [5, 5.41) is 0. The van der Waals surface area contributed by atoms with Crippen LogP contribution < -0.4 is 15.2 Å². The summed E-state index contributed by atoms with van der Waals surface area (Å²) in [6.45, 7) is 4.55. The van der Waals surface area contributed by atoms with E-state index in [0.29, 0.717) is 23.6 Å². The number of primary amides is 1. The summed E-state index contributed by atoms with van der Waals surface area (Å²) in [7, 11) is 3.23. The minimum atomic E-state index is -0.424. The number of aryl methyl sites for hydroxylation is 1. The summed E-state index contributed by atoms with van der Waals surface area (Å²) in [6, 6.07) is 15.9. The number of carbonyl (C=O) groups excluding carboxylic acids is 1. The van der Waals surface area contributed by atoms with Gasteiger partial charge < -0.3 is 19.8 Å². The lowest BCUT2D eigenvalue weighted by atomic mass is 10.1. The van der Waals surface area contributed by atoms with Gasteiger partial charge >= 0.3 is 0 Å². The highest BCUT2D eigenvalue weighted by Gasteiger charge is 2.17. The van der Waals surface area contributed by atoms with Crippen molar-refractivity contribution < 1.29 is 14.3 Å². The molecule has 0 fully saturated rings. The van der Waals surface area contributed by atoms with E-state index in [9.17, 15) is 4.79 Å². The Hall–Kier alpha value is -3.21. The molecular formula is C22H24N2O3. The zero-order valence-electron chi connectivity index (χ0n) is 16.1. The molecule has 1 aromatic heterocycles. The predicted octanol–water partition coefficient (Wildman–Crippen LogP) is 3.94. The molecule has 5 nitrogen and oxygen atoms in total. The first-order valence-electron chi connectivity index (χ1n) is 8.72. The maximum absolute atomic E-state index is 11.9. The highest BCUT2D eigenvalue weighted by molar-refractivity contribution is 5.95. The number of rotatable bonds is 6. The molecule has 5 heteroatoms. The van der Waals surface area contributed by atoms with Gasteiger partial charge in [-0.3, -0.25) is 4.79 Å². The fourth-order valence-electron chi connectivity index (χ4n) is 3.22. The second kappa shape index (κ2) is 7.58. The van der Waals surface area contributed by atoms with Crippen molar-refractivity contribution in [1.82, 2.24) is 4.57 Å². The van der Waals surface area contributed by atoms with Gasteiger partial charge in [0.1, 0.15) is 0 Å². The van der Waals surface area contributed by atoms with Crippen molar-refractivity contribution in [3.8, 4) is 22.8 Å². The summed E-state index contributed by atoms with van der Waals surface area (Å²) in [6.07, 6.45) is 0. The van der Waals surface area contributed by atoms with E-state index in [1.165, 1.54) is 5.56 Å². The molecule has 27 heavy (non-hydrogen) atoms. The fraction of sp³-hybridized carbons (Fsp3) is 0.227. The van der Waals surface area contributed by atoms with Gasteiger partial charge in [0.05, 0.1) is 19.8 Å². The van der Waals surface area contributed by atoms with Crippen molar-refractivity contribution in [2.75, 3.05) is 14.2 Å². The normalized spacial score (nSPS) is 10.7. The molecule has 0 aliphatic rings. The second-order valence-electron chi connectivity index (χ2n) is 6.53. The van der Waals surface area contributed by atoms with Crippen molar-refractivity contribution in [2.24, 2.45) is 5.73 Å². The Bertz CT molecular complexity index is 972. The maximum atomic E-state index is 11.9. The Balaban J connectivity index is 2.08. The van der Waals surface area contributed by atoms with Gasteiger partial charge in [-0.25, -0.2) is 0 Å². The van der Waals surface area contributed by atoms with E-state index < -0.39 is 5.91 Å². The highest BCUT2D eigenvalue weighted by atomic mass is 16.5. The minimum Gasteiger partial charge on any atom is -0.493 e. The number of nitrogens with zero attached hydrogens (tertiary/aromatic N) is 1. The topological polar surface area (TPSA) is 66.5 Å². The van der Waals surface area contributed by atoms with Gasteiger partial charge in [0, 0.05) is 17.9 Å². The Morgan fingerprint density at radius 3 is 2.22 bits per heavy atom. The van der Waals surface area contributed by atoms with Crippen LogP contribution in [0.25, 0.3) is 11.3 Å². The Labute approximate surface area is 159 Å². The van der Waals surface area contributed by atoms with E-state index in [1.807, 2.05) is 38.1 Å². The number of nitrogens with two attached hydrogens (primary N) is 1. The molecule has 0 saturated carbocycles. The van der Waals surface area contributed by atoms with Gasteiger partial charge in [0.2, 0.25) is 0 Å². The third kappa shape index (κ3) is 3.67. The Kier molecular flexibility index (Phi) is 5.21. The van der Waals surface area contributed by atoms with E-state index in [0.717, 1.165) is 22.5 Å². The van der Waals surface area contributed by atoms with Crippen LogP contribution in [-0.4, -0.2) is 24.7 Å². The lowest BCUT2D eigenvalue weighted by molar-refractivity contribution is 0.0999. The number of carbonyl (C=O) groups is 1. The number of ether oxygens (including phenoxy) is 2. The van der Waals surface area contributed by atoms with Crippen LogP contribution >= 0.6 is 0 Å². The van der Waals surface area contributed by atoms with Gasteiger partial charge in [0.25, 0.3) is 5.91 Å². The minimum absolute atomic E-state index is 0.424. The van der Waals surface area contributed by atoms with Crippen LogP contribution in [0.2, 0.25) is 0 Å². The monoisotopic (exact) mass is 364 g/mol. The molecule has 3 rings (SSSR count). The summed E-state index contributed by atoms with van der Waals surface area (Å²) < 4.78 is 12.8. The molecule has 0 radical (unpaired) electrons. The molecule has 140 valence electrons.